The van der Waals surface area contributed by atoms with Gasteiger partial charge < -0.3 is 14.2 Å². The Balaban J connectivity index is 1.37. The third-order valence-electron chi connectivity index (χ3n) is 5.85. The predicted molar refractivity (Wildman–Crippen MR) is 122 cm³/mol. The number of carbonyl (C=O) groups excluding carboxylic acids is 3. The summed E-state index contributed by atoms with van der Waals surface area (Å²) in [5.74, 6) is -1.30. The monoisotopic (exact) mass is 451 g/mol. The van der Waals surface area contributed by atoms with E-state index in [0.29, 0.717) is 19.4 Å². The molecular weight excluding hydrogens is 422 g/mol. The molecule has 1 saturated heterocycles. The van der Waals surface area contributed by atoms with Crippen molar-refractivity contribution < 1.29 is 28.6 Å². The van der Waals surface area contributed by atoms with E-state index >= 15 is 0 Å². The van der Waals surface area contributed by atoms with E-state index < -0.39 is 36.3 Å². The van der Waals surface area contributed by atoms with Gasteiger partial charge in [-0.25, -0.2) is 14.4 Å². The van der Waals surface area contributed by atoms with Crippen molar-refractivity contribution in [3.05, 3.63) is 59.7 Å². The van der Waals surface area contributed by atoms with E-state index in [-0.39, 0.29) is 12.5 Å². The van der Waals surface area contributed by atoms with E-state index in [9.17, 15) is 14.4 Å². The molecule has 0 aromatic heterocycles. The standard InChI is InChI=1S/C26H29NO6/c1-26(2,3)33-23(28)16-31-24(29)22-13-8-14-27(22)25(30)32-15-21-19-11-6-4-9-17(19)18-10-5-7-12-20(18)21/h4-7,9-12,21-22H,8,13-16H2,1-3H3. The lowest BCUT2D eigenvalue weighted by Gasteiger charge is -2.24. The summed E-state index contributed by atoms with van der Waals surface area (Å²) >= 11 is 0. The van der Waals surface area contributed by atoms with Crippen molar-refractivity contribution in [2.75, 3.05) is 19.8 Å². The van der Waals surface area contributed by atoms with Gasteiger partial charge in [0.15, 0.2) is 6.61 Å². The van der Waals surface area contributed by atoms with Crippen molar-refractivity contribution in [1.82, 2.24) is 4.90 Å². The highest BCUT2D eigenvalue weighted by Crippen LogP contribution is 2.44. The molecule has 0 spiro atoms. The van der Waals surface area contributed by atoms with E-state index in [4.69, 9.17) is 14.2 Å². The Bertz CT molecular complexity index is 1010. The highest BCUT2D eigenvalue weighted by atomic mass is 16.6. The predicted octanol–water partition coefficient (Wildman–Crippen LogP) is 4.28. The Labute approximate surface area is 193 Å². The summed E-state index contributed by atoms with van der Waals surface area (Å²) in [5, 5.41) is 0. The molecule has 1 aliphatic carbocycles. The number of benzene rings is 2. The van der Waals surface area contributed by atoms with Gasteiger partial charge in [-0.05, 0) is 55.9 Å². The quantitative estimate of drug-likeness (QED) is 0.498. The van der Waals surface area contributed by atoms with Gasteiger partial charge in [0.05, 0.1) is 0 Å². The van der Waals surface area contributed by atoms with Gasteiger partial charge in [-0.15, -0.1) is 0 Å². The lowest BCUT2D eigenvalue weighted by atomic mass is 9.98. The zero-order chi connectivity index (χ0) is 23.6. The van der Waals surface area contributed by atoms with E-state index in [1.807, 2.05) is 24.3 Å². The molecule has 1 amide bonds. The number of esters is 2. The van der Waals surface area contributed by atoms with Crippen LogP contribution >= 0.6 is 0 Å². The second-order valence-corrected chi connectivity index (χ2v) is 9.35. The molecule has 174 valence electrons. The first-order valence-electron chi connectivity index (χ1n) is 11.2. The Morgan fingerprint density at radius 2 is 1.55 bits per heavy atom. The topological polar surface area (TPSA) is 82.1 Å². The molecule has 1 aliphatic heterocycles. The summed E-state index contributed by atoms with van der Waals surface area (Å²) in [6, 6.07) is 15.5. The van der Waals surface area contributed by atoms with Gasteiger partial charge in [-0.3, -0.25) is 4.90 Å². The Morgan fingerprint density at radius 1 is 0.939 bits per heavy atom. The number of likely N-dealkylation sites (tertiary alicyclic amines) is 1. The summed E-state index contributed by atoms with van der Waals surface area (Å²) in [6.07, 6.45) is 0.585. The first-order chi connectivity index (χ1) is 15.7. The summed E-state index contributed by atoms with van der Waals surface area (Å²) in [6.45, 7) is 5.32. The van der Waals surface area contributed by atoms with Gasteiger partial charge in [0.2, 0.25) is 0 Å². The maximum Gasteiger partial charge on any atom is 0.410 e. The zero-order valence-corrected chi connectivity index (χ0v) is 19.2. The molecule has 0 saturated carbocycles. The van der Waals surface area contributed by atoms with Crippen LogP contribution in [0.15, 0.2) is 48.5 Å². The first-order valence-corrected chi connectivity index (χ1v) is 11.2. The maximum absolute atomic E-state index is 12.9. The van der Waals surface area contributed by atoms with Crippen LogP contribution in [0.3, 0.4) is 0 Å². The van der Waals surface area contributed by atoms with E-state index in [1.54, 1.807) is 20.8 Å². The Kier molecular flexibility index (Phi) is 6.40. The van der Waals surface area contributed by atoms with E-state index in [0.717, 1.165) is 22.3 Å². The van der Waals surface area contributed by atoms with Crippen LogP contribution in [0.2, 0.25) is 0 Å². The van der Waals surface area contributed by atoms with Gasteiger partial charge in [-0.1, -0.05) is 48.5 Å². The molecule has 7 nitrogen and oxygen atoms in total. The fourth-order valence-electron chi connectivity index (χ4n) is 4.50. The summed E-state index contributed by atoms with van der Waals surface area (Å²) in [7, 11) is 0. The van der Waals surface area contributed by atoms with Crippen molar-refractivity contribution in [3.8, 4) is 11.1 Å². The largest absolute Gasteiger partial charge is 0.457 e. The third kappa shape index (κ3) is 5.02. The fraction of sp³-hybridized carbons (Fsp3) is 0.423. The molecule has 7 heteroatoms. The van der Waals surface area contributed by atoms with Gasteiger partial charge in [0.25, 0.3) is 0 Å². The Morgan fingerprint density at radius 3 is 2.15 bits per heavy atom. The van der Waals surface area contributed by atoms with Crippen LogP contribution in [-0.4, -0.2) is 54.3 Å². The highest BCUT2D eigenvalue weighted by Gasteiger charge is 2.38. The van der Waals surface area contributed by atoms with Crippen molar-refractivity contribution in [2.24, 2.45) is 0 Å². The van der Waals surface area contributed by atoms with Crippen LogP contribution in [0, 0.1) is 0 Å². The molecule has 0 bridgehead atoms. The van der Waals surface area contributed by atoms with Gasteiger partial charge in [0.1, 0.15) is 18.2 Å². The number of rotatable bonds is 5. The lowest BCUT2D eigenvalue weighted by Crippen LogP contribution is -2.42. The summed E-state index contributed by atoms with van der Waals surface area (Å²) in [4.78, 5) is 38.6. The number of hydrogen-bond donors (Lipinski definition) is 0. The van der Waals surface area contributed by atoms with Crippen molar-refractivity contribution in [2.45, 2.75) is 51.2 Å². The van der Waals surface area contributed by atoms with Crippen LogP contribution in [0.25, 0.3) is 11.1 Å². The number of carbonyl (C=O) groups is 3. The molecule has 1 fully saturated rings. The molecule has 0 radical (unpaired) electrons. The molecule has 1 unspecified atom stereocenters. The summed E-state index contributed by atoms with van der Waals surface area (Å²) in [5.41, 5.74) is 3.89. The molecule has 1 heterocycles. The molecule has 2 aliphatic rings. The molecular formula is C26H29NO6. The Hall–Kier alpha value is -3.35. The van der Waals surface area contributed by atoms with Crippen molar-refractivity contribution >= 4 is 18.0 Å². The first kappa shape index (κ1) is 22.8. The fourth-order valence-corrected chi connectivity index (χ4v) is 4.50. The minimum atomic E-state index is -0.761. The minimum Gasteiger partial charge on any atom is -0.457 e. The molecule has 1 atom stereocenters. The average Bonchev–Trinajstić information content (AvgIpc) is 3.38. The summed E-state index contributed by atoms with van der Waals surface area (Å²) < 4.78 is 16.0. The smallest absolute Gasteiger partial charge is 0.410 e. The molecule has 0 N–H and O–H groups in total. The second-order valence-electron chi connectivity index (χ2n) is 9.35. The van der Waals surface area contributed by atoms with Gasteiger partial charge in [-0.2, -0.15) is 0 Å². The number of fused-ring (bicyclic) bond motifs is 3. The average molecular weight is 452 g/mol. The van der Waals surface area contributed by atoms with Crippen LogP contribution in [0.1, 0.15) is 50.7 Å². The van der Waals surface area contributed by atoms with Crippen molar-refractivity contribution in [1.29, 1.82) is 0 Å². The van der Waals surface area contributed by atoms with E-state index in [1.165, 1.54) is 4.90 Å². The lowest BCUT2D eigenvalue weighted by molar-refractivity contribution is -0.168. The second kappa shape index (κ2) is 9.25. The molecule has 2 aromatic carbocycles. The maximum atomic E-state index is 12.9. The van der Waals surface area contributed by atoms with Crippen LogP contribution in [0.5, 0.6) is 0 Å². The number of amides is 1. The van der Waals surface area contributed by atoms with Crippen LogP contribution < -0.4 is 0 Å². The highest BCUT2D eigenvalue weighted by molar-refractivity contribution is 5.84. The third-order valence-corrected chi connectivity index (χ3v) is 5.85. The number of ether oxygens (including phenoxy) is 3. The normalized spacial score (nSPS) is 17.3. The van der Waals surface area contributed by atoms with Gasteiger partial charge >= 0.3 is 18.0 Å². The van der Waals surface area contributed by atoms with Crippen LogP contribution in [0.4, 0.5) is 4.79 Å². The van der Waals surface area contributed by atoms with Crippen LogP contribution in [-0.2, 0) is 23.8 Å². The van der Waals surface area contributed by atoms with E-state index in [2.05, 4.69) is 24.3 Å². The molecule has 2 aromatic rings. The minimum absolute atomic E-state index is 0.0541. The van der Waals surface area contributed by atoms with Gasteiger partial charge in [0, 0.05) is 12.5 Å². The zero-order valence-electron chi connectivity index (χ0n) is 19.2. The molecule has 4 rings (SSSR count). The number of hydrogen-bond acceptors (Lipinski definition) is 6. The SMILES string of the molecule is CC(C)(C)OC(=O)COC(=O)C1CCCN1C(=O)OCC1c2ccccc2-c2ccccc21. The molecule has 33 heavy (non-hydrogen) atoms. The number of nitrogens with zero attached hydrogens (tertiary/aromatic N) is 1. The van der Waals surface area contributed by atoms with Crippen molar-refractivity contribution in [3.63, 3.8) is 0 Å².